The predicted molar refractivity (Wildman–Crippen MR) is 102 cm³/mol. The van der Waals surface area contributed by atoms with Crippen LogP contribution in [0.15, 0.2) is 24.5 Å². The number of nitriles is 1. The summed E-state index contributed by atoms with van der Waals surface area (Å²) < 4.78 is 8.08. The lowest BCUT2D eigenvalue weighted by Gasteiger charge is -2.02. The van der Waals surface area contributed by atoms with E-state index in [0.717, 1.165) is 31.8 Å². The molecule has 3 heterocycles. The van der Waals surface area contributed by atoms with E-state index in [-0.39, 0.29) is 6.54 Å². The van der Waals surface area contributed by atoms with Crippen LogP contribution in [-0.2, 0) is 6.54 Å². The van der Waals surface area contributed by atoms with Crippen LogP contribution in [0.5, 0.6) is 5.75 Å². The summed E-state index contributed by atoms with van der Waals surface area (Å²) in [6, 6.07) is 8.36. The second-order valence-corrected chi connectivity index (χ2v) is 6.97. The molecule has 0 aliphatic carbocycles. The molecule has 4 aromatic rings. The summed E-state index contributed by atoms with van der Waals surface area (Å²) >= 11 is 1.57. The summed E-state index contributed by atoms with van der Waals surface area (Å²) in [6.45, 7) is 2.23. The molecule has 0 radical (unpaired) electrons. The molecule has 130 valence electrons. The average Bonchev–Trinajstić information content (AvgIpc) is 3.19. The summed E-state index contributed by atoms with van der Waals surface area (Å²) in [6.07, 6.45) is 1.34. The summed E-state index contributed by atoms with van der Waals surface area (Å²) in [5, 5.41) is 14.9. The van der Waals surface area contributed by atoms with Crippen molar-refractivity contribution in [2.24, 2.45) is 5.73 Å². The van der Waals surface area contributed by atoms with Gasteiger partial charge in [0.25, 0.3) is 0 Å². The average molecular weight is 364 g/mol. The van der Waals surface area contributed by atoms with Gasteiger partial charge in [0.2, 0.25) is 0 Å². The zero-order valence-electron chi connectivity index (χ0n) is 14.3. The highest BCUT2D eigenvalue weighted by atomic mass is 32.1. The number of thiophene rings is 1. The van der Waals surface area contributed by atoms with Gasteiger partial charge in [-0.1, -0.05) is 6.07 Å². The number of nitrogen functional groups attached to an aromatic ring is 1. The number of methoxy groups -OCH3 is 1. The predicted octanol–water partition coefficient (Wildman–Crippen LogP) is 2.84. The Kier molecular flexibility index (Phi) is 3.76. The Morgan fingerprint density at radius 3 is 2.85 bits per heavy atom. The smallest absolute Gasteiger partial charge is 0.152 e. The molecule has 0 fully saturated rings. The molecule has 1 aromatic carbocycles. The Hall–Kier alpha value is -3.15. The first-order valence-corrected chi connectivity index (χ1v) is 8.73. The van der Waals surface area contributed by atoms with Crippen LogP contribution in [0.4, 0.5) is 5.82 Å². The van der Waals surface area contributed by atoms with Crippen molar-refractivity contribution < 1.29 is 4.74 Å². The number of nitrogens with zero attached hydrogens (tertiary/aromatic N) is 4. The zero-order valence-corrected chi connectivity index (χ0v) is 15.1. The first-order chi connectivity index (χ1) is 12.6. The van der Waals surface area contributed by atoms with Gasteiger partial charge in [-0.25, -0.2) is 9.50 Å². The van der Waals surface area contributed by atoms with Gasteiger partial charge >= 0.3 is 0 Å². The van der Waals surface area contributed by atoms with Crippen LogP contribution in [0.25, 0.3) is 26.0 Å². The van der Waals surface area contributed by atoms with Crippen LogP contribution < -0.4 is 16.2 Å². The van der Waals surface area contributed by atoms with Crippen molar-refractivity contribution in [1.82, 2.24) is 14.6 Å². The summed E-state index contributed by atoms with van der Waals surface area (Å²) in [7, 11) is 1.66. The second kappa shape index (κ2) is 5.98. The van der Waals surface area contributed by atoms with E-state index in [2.05, 4.69) is 28.3 Å². The Labute approximate surface area is 153 Å². The van der Waals surface area contributed by atoms with Gasteiger partial charge in [-0.05, 0) is 30.0 Å². The Morgan fingerprint density at radius 1 is 1.35 bits per heavy atom. The Balaban J connectivity index is 2.13. The highest BCUT2D eigenvalue weighted by molar-refractivity contribution is 7.22. The molecule has 0 bridgehead atoms. The zero-order chi connectivity index (χ0) is 18.4. The number of nitrogens with two attached hydrogens (primary N) is 2. The van der Waals surface area contributed by atoms with E-state index in [1.165, 1.54) is 10.8 Å². The third-order valence-electron chi connectivity index (χ3n) is 4.36. The third kappa shape index (κ3) is 2.22. The lowest BCUT2D eigenvalue weighted by molar-refractivity contribution is 0.420. The van der Waals surface area contributed by atoms with Gasteiger partial charge in [0.1, 0.15) is 29.4 Å². The largest absolute Gasteiger partial charge is 0.495 e. The van der Waals surface area contributed by atoms with E-state index in [1.54, 1.807) is 18.4 Å². The molecule has 0 aliphatic rings. The number of hydrogen-bond acceptors (Lipinski definition) is 7. The maximum absolute atomic E-state index is 9.61. The number of anilines is 1. The molecule has 26 heavy (non-hydrogen) atoms. The molecule has 0 amide bonds. The maximum atomic E-state index is 9.61. The van der Waals surface area contributed by atoms with Crippen molar-refractivity contribution in [3.05, 3.63) is 41.3 Å². The first kappa shape index (κ1) is 16.3. The van der Waals surface area contributed by atoms with Crippen molar-refractivity contribution >= 4 is 32.8 Å². The van der Waals surface area contributed by atoms with Crippen LogP contribution >= 0.6 is 11.3 Å². The minimum absolute atomic E-state index is 0.200. The molecule has 3 aromatic heterocycles. The minimum atomic E-state index is 0.200. The summed E-state index contributed by atoms with van der Waals surface area (Å²) in [4.78, 5) is 5.04. The number of rotatable bonds is 3. The van der Waals surface area contributed by atoms with Gasteiger partial charge in [-0.15, -0.1) is 11.3 Å². The molecular weight excluding hydrogens is 348 g/mol. The summed E-state index contributed by atoms with van der Waals surface area (Å²) in [5.74, 6) is 1.13. The van der Waals surface area contributed by atoms with Crippen LogP contribution in [0.2, 0.25) is 0 Å². The van der Waals surface area contributed by atoms with Crippen molar-refractivity contribution in [3.8, 4) is 22.3 Å². The Morgan fingerprint density at radius 2 is 2.15 bits per heavy atom. The van der Waals surface area contributed by atoms with Crippen LogP contribution in [0.1, 0.15) is 16.8 Å². The fraction of sp³-hybridized carbons (Fsp3) is 0.167. The molecule has 4 rings (SSSR count). The van der Waals surface area contributed by atoms with Gasteiger partial charge < -0.3 is 16.2 Å². The SMILES string of the molecule is COc1cc(C)cc2cc(-c3c(CN)c(C#N)n4ncnc(N)c34)sc12. The molecule has 7 nitrogen and oxygen atoms in total. The summed E-state index contributed by atoms with van der Waals surface area (Å²) in [5.41, 5.74) is 15.7. The van der Waals surface area contributed by atoms with Crippen molar-refractivity contribution in [2.45, 2.75) is 13.5 Å². The molecule has 0 aliphatic heterocycles. The number of hydrogen-bond donors (Lipinski definition) is 2. The topological polar surface area (TPSA) is 115 Å². The van der Waals surface area contributed by atoms with Gasteiger partial charge in [-0.2, -0.15) is 10.4 Å². The molecule has 0 saturated heterocycles. The normalized spacial score (nSPS) is 11.2. The van der Waals surface area contributed by atoms with E-state index in [4.69, 9.17) is 16.2 Å². The molecule has 0 unspecified atom stereocenters. The van der Waals surface area contributed by atoms with Crippen molar-refractivity contribution in [1.29, 1.82) is 5.26 Å². The maximum Gasteiger partial charge on any atom is 0.152 e. The van der Waals surface area contributed by atoms with Gasteiger partial charge in [0.15, 0.2) is 5.82 Å². The molecule has 0 atom stereocenters. The quantitative estimate of drug-likeness (QED) is 0.577. The van der Waals surface area contributed by atoms with E-state index in [1.807, 2.05) is 13.0 Å². The number of benzene rings is 1. The lowest BCUT2D eigenvalue weighted by atomic mass is 10.1. The minimum Gasteiger partial charge on any atom is -0.495 e. The van der Waals surface area contributed by atoms with E-state index in [0.29, 0.717) is 22.6 Å². The fourth-order valence-electron chi connectivity index (χ4n) is 3.28. The van der Waals surface area contributed by atoms with Gasteiger partial charge in [0.05, 0.1) is 11.8 Å². The Bertz CT molecular complexity index is 1200. The van der Waals surface area contributed by atoms with E-state index in [9.17, 15) is 5.26 Å². The third-order valence-corrected chi connectivity index (χ3v) is 5.54. The van der Waals surface area contributed by atoms with Gasteiger partial charge in [-0.3, -0.25) is 0 Å². The first-order valence-electron chi connectivity index (χ1n) is 7.91. The number of aromatic nitrogens is 3. The van der Waals surface area contributed by atoms with E-state index >= 15 is 0 Å². The fourth-order valence-corrected chi connectivity index (χ4v) is 4.48. The van der Waals surface area contributed by atoms with Crippen LogP contribution in [-0.4, -0.2) is 21.7 Å². The monoisotopic (exact) mass is 364 g/mol. The highest BCUT2D eigenvalue weighted by Crippen LogP contribution is 2.43. The number of ether oxygens (including phenoxy) is 1. The standard InChI is InChI=1S/C18H16N6OS/c1-9-3-10-5-14(26-17(10)13(4-9)25-2)15-11(6-19)12(7-20)24-16(15)18(21)22-8-23-24/h3-5,8H,6,19H2,1-2H3,(H2,21,22,23). The van der Waals surface area contributed by atoms with Crippen LogP contribution in [0.3, 0.4) is 0 Å². The number of aryl methyl sites for hydroxylation is 1. The second-order valence-electron chi connectivity index (χ2n) is 5.92. The molecule has 0 saturated carbocycles. The highest BCUT2D eigenvalue weighted by Gasteiger charge is 2.23. The molecule has 8 heteroatoms. The molecule has 0 spiro atoms. The van der Waals surface area contributed by atoms with E-state index < -0.39 is 0 Å². The van der Waals surface area contributed by atoms with Crippen LogP contribution in [0, 0.1) is 18.3 Å². The van der Waals surface area contributed by atoms with Crippen molar-refractivity contribution in [2.75, 3.05) is 12.8 Å². The van der Waals surface area contributed by atoms with Crippen molar-refractivity contribution in [3.63, 3.8) is 0 Å². The molecule has 4 N–H and O–H groups in total. The number of fused-ring (bicyclic) bond motifs is 2. The lowest BCUT2D eigenvalue weighted by Crippen LogP contribution is -2.02. The van der Waals surface area contributed by atoms with Gasteiger partial charge in [0, 0.05) is 22.5 Å². The molecular formula is C18H16N6OS.